The number of rotatable bonds is 3. The summed E-state index contributed by atoms with van der Waals surface area (Å²) in [6, 6.07) is 13.3. The fraction of sp³-hybridized carbons (Fsp3) is 0.316. The monoisotopic (exact) mass is 341 g/mol. The minimum absolute atomic E-state index is 0.0453. The largest absolute Gasteiger partial charge is 0.494 e. The van der Waals surface area contributed by atoms with Crippen LogP contribution in [0.25, 0.3) is 0 Å². The van der Waals surface area contributed by atoms with Crippen molar-refractivity contribution in [3.8, 4) is 0 Å². The number of para-hydroxylation sites is 1. The van der Waals surface area contributed by atoms with Crippen LogP contribution in [0.5, 0.6) is 0 Å². The summed E-state index contributed by atoms with van der Waals surface area (Å²) in [7, 11) is -0.645. The summed E-state index contributed by atoms with van der Waals surface area (Å²) in [4.78, 5) is 12.4. The Morgan fingerprint density at radius 1 is 1.00 bits per heavy atom. The van der Waals surface area contributed by atoms with E-state index in [0.29, 0.717) is 11.2 Å². The van der Waals surface area contributed by atoms with Gasteiger partial charge in [0.1, 0.15) is 5.82 Å². The van der Waals surface area contributed by atoms with E-state index in [2.05, 4.69) is 5.32 Å². The molecule has 130 valence electrons. The summed E-state index contributed by atoms with van der Waals surface area (Å²) in [5.41, 5.74) is 0.166. The van der Waals surface area contributed by atoms with Crippen molar-refractivity contribution in [1.82, 2.24) is 0 Å². The standard InChI is InChI=1S/C19H21BFNO3/c1-18(2)19(3,4)25-20(24-18)13-10-11-16(21)15(12-13)17(23)22-14-8-6-5-7-9-14/h5-12H,1-4H3,(H,22,23). The molecule has 0 saturated carbocycles. The van der Waals surface area contributed by atoms with Gasteiger partial charge < -0.3 is 14.6 Å². The van der Waals surface area contributed by atoms with Crippen molar-refractivity contribution < 1.29 is 18.5 Å². The Morgan fingerprint density at radius 2 is 1.60 bits per heavy atom. The van der Waals surface area contributed by atoms with Crippen molar-refractivity contribution in [1.29, 1.82) is 0 Å². The first-order valence-electron chi connectivity index (χ1n) is 8.21. The van der Waals surface area contributed by atoms with Gasteiger partial charge in [0.05, 0.1) is 16.8 Å². The average molecular weight is 341 g/mol. The maximum atomic E-state index is 14.2. The van der Waals surface area contributed by atoms with Crippen molar-refractivity contribution in [2.24, 2.45) is 0 Å². The summed E-state index contributed by atoms with van der Waals surface area (Å²) in [6.45, 7) is 7.78. The molecule has 1 heterocycles. The number of hydrogen-bond acceptors (Lipinski definition) is 3. The van der Waals surface area contributed by atoms with Crippen molar-refractivity contribution in [2.75, 3.05) is 5.32 Å². The second kappa shape index (κ2) is 6.28. The molecule has 1 aliphatic rings. The predicted molar refractivity (Wildman–Crippen MR) is 96.5 cm³/mol. The van der Waals surface area contributed by atoms with E-state index in [9.17, 15) is 9.18 Å². The Balaban J connectivity index is 1.85. The minimum atomic E-state index is -0.645. The summed E-state index contributed by atoms with van der Waals surface area (Å²) in [5.74, 6) is -1.10. The molecule has 0 aliphatic carbocycles. The van der Waals surface area contributed by atoms with Crippen LogP contribution in [0, 0.1) is 5.82 Å². The van der Waals surface area contributed by atoms with Crippen LogP contribution in [0.3, 0.4) is 0 Å². The zero-order chi connectivity index (χ0) is 18.2. The van der Waals surface area contributed by atoms with Crippen LogP contribution in [0.2, 0.25) is 0 Å². The third-order valence-electron chi connectivity index (χ3n) is 4.79. The van der Waals surface area contributed by atoms with Crippen LogP contribution < -0.4 is 10.8 Å². The average Bonchev–Trinajstić information content (AvgIpc) is 2.76. The van der Waals surface area contributed by atoms with Gasteiger partial charge in [0.2, 0.25) is 0 Å². The highest BCUT2D eigenvalue weighted by atomic mass is 19.1. The lowest BCUT2D eigenvalue weighted by Gasteiger charge is -2.32. The van der Waals surface area contributed by atoms with Crippen LogP contribution in [-0.4, -0.2) is 24.2 Å². The van der Waals surface area contributed by atoms with Crippen molar-refractivity contribution in [2.45, 2.75) is 38.9 Å². The molecule has 4 nitrogen and oxygen atoms in total. The molecule has 1 amide bonds. The van der Waals surface area contributed by atoms with E-state index >= 15 is 0 Å². The molecule has 2 aromatic rings. The molecule has 0 aromatic heterocycles. The van der Waals surface area contributed by atoms with Crippen molar-refractivity contribution in [3.05, 3.63) is 59.9 Å². The molecule has 0 spiro atoms. The third kappa shape index (κ3) is 3.46. The quantitative estimate of drug-likeness (QED) is 0.871. The smallest absolute Gasteiger partial charge is 0.399 e. The number of hydrogen-bond donors (Lipinski definition) is 1. The molecular formula is C19H21BFNO3. The van der Waals surface area contributed by atoms with Crippen molar-refractivity contribution >= 4 is 24.2 Å². The van der Waals surface area contributed by atoms with E-state index in [4.69, 9.17) is 9.31 Å². The van der Waals surface area contributed by atoms with Gasteiger partial charge in [0.25, 0.3) is 5.91 Å². The van der Waals surface area contributed by atoms with E-state index < -0.39 is 30.0 Å². The molecule has 1 fully saturated rings. The molecule has 0 atom stereocenters. The fourth-order valence-corrected chi connectivity index (χ4v) is 2.56. The molecular weight excluding hydrogens is 320 g/mol. The number of amides is 1. The number of carbonyl (C=O) groups excluding carboxylic acids is 1. The summed E-state index contributed by atoms with van der Waals surface area (Å²) >= 11 is 0. The van der Waals surface area contributed by atoms with Gasteiger partial charge in [-0.25, -0.2) is 4.39 Å². The zero-order valence-corrected chi connectivity index (χ0v) is 14.8. The minimum Gasteiger partial charge on any atom is -0.399 e. The highest BCUT2D eigenvalue weighted by Crippen LogP contribution is 2.36. The topological polar surface area (TPSA) is 47.6 Å². The number of halogens is 1. The Bertz CT molecular complexity index is 777. The van der Waals surface area contributed by atoms with Gasteiger partial charge in [0.15, 0.2) is 0 Å². The SMILES string of the molecule is CC1(C)OB(c2ccc(F)c(C(=O)Nc3ccccc3)c2)OC1(C)C. The first-order chi connectivity index (χ1) is 11.7. The predicted octanol–water partition coefficient (Wildman–Crippen LogP) is 3.38. The highest BCUT2D eigenvalue weighted by molar-refractivity contribution is 6.62. The molecule has 0 bridgehead atoms. The van der Waals surface area contributed by atoms with Gasteiger partial charge in [-0.3, -0.25) is 4.79 Å². The number of nitrogens with one attached hydrogen (secondary N) is 1. The van der Waals surface area contributed by atoms with E-state index in [1.165, 1.54) is 12.1 Å². The second-order valence-corrected chi connectivity index (χ2v) is 7.15. The molecule has 0 unspecified atom stereocenters. The molecule has 3 rings (SSSR count). The first kappa shape index (κ1) is 17.6. The van der Waals surface area contributed by atoms with Gasteiger partial charge in [-0.05, 0) is 57.4 Å². The molecule has 25 heavy (non-hydrogen) atoms. The summed E-state index contributed by atoms with van der Waals surface area (Å²) in [5, 5.41) is 2.69. The van der Waals surface area contributed by atoms with Gasteiger partial charge in [-0.15, -0.1) is 0 Å². The van der Waals surface area contributed by atoms with Crippen LogP contribution in [0.4, 0.5) is 10.1 Å². The molecule has 2 aromatic carbocycles. The lowest BCUT2D eigenvalue weighted by atomic mass is 9.78. The Hall–Kier alpha value is -2.18. The number of anilines is 1. The normalized spacial score (nSPS) is 18.2. The van der Waals surface area contributed by atoms with Gasteiger partial charge in [-0.1, -0.05) is 24.3 Å². The number of benzene rings is 2. The summed E-state index contributed by atoms with van der Waals surface area (Å²) in [6.07, 6.45) is 0. The van der Waals surface area contributed by atoms with Crippen LogP contribution in [-0.2, 0) is 9.31 Å². The molecule has 1 aliphatic heterocycles. The van der Waals surface area contributed by atoms with E-state index in [-0.39, 0.29) is 5.56 Å². The molecule has 0 radical (unpaired) electrons. The summed E-state index contributed by atoms with van der Waals surface area (Å²) < 4.78 is 26.1. The second-order valence-electron chi connectivity index (χ2n) is 7.15. The fourth-order valence-electron chi connectivity index (χ4n) is 2.56. The lowest BCUT2D eigenvalue weighted by Crippen LogP contribution is -2.41. The van der Waals surface area contributed by atoms with Gasteiger partial charge in [0, 0.05) is 5.69 Å². The maximum absolute atomic E-state index is 14.2. The lowest BCUT2D eigenvalue weighted by molar-refractivity contribution is 0.00578. The Kier molecular flexibility index (Phi) is 4.43. The van der Waals surface area contributed by atoms with Crippen LogP contribution >= 0.6 is 0 Å². The maximum Gasteiger partial charge on any atom is 0.494 e. The highest BCUT2D eigenvalue weighted by Gasteiger charge is 2.51. The van der Waals surface area contributed by atoms with Gasteiger partial charge >= 0.3 is 7.12 Å². The Labute approximate surface area is 147 Å². The number of carbonyl (C=O) groups is 1. The first-order valence-corrected chi connectivity index (χ1v) is 8.21. The van der Waals surface area contributed by atoms with E-state index in [1.807, 2.05) is 33.8 Å². The zero-order valence-electron chi connectivity index (χ0n) is 14.8. The van der Waals surface area contributed by atoms with Gasteiger partial charge in [-0.2, -0.15) is 0 Å². The molecule has 1 saturated heterocycles. The van der Waals surface area contributed by atoms with Crippen LogP contribution in [0.1, 0.15) is 38.1 Å². The van der Waals surface area contributed by atoms with E-state index in [1.54, 1.807) is 30.3 Å². The molecule has 1 N–H and O–H groups in total. The van der Waals surface area contributed by atoms with Crippen molar-refractivity contribution in [3.63, 3.8) is 0 Å². The van der Waals surface area contributed by atoms with Crippen LogP contribution in [0.15, 0.2) is 48.5 Å². The third-order valence-corrected chi connectivity index (χ3v) is 4.79. The Morgan fingerprint density at radius 3 is 2.20 bits per heavy atom. The van der Waals surface area contributed by atoms with E-state index in [0.717, 1.165) is 0 Å². The molecule has 6 heteroatoms.